The van der Waals surface area contributed by atoms with Crippen LogP contribution >= 0.6 is 0 Å². The van der Waals surface area contributed by atoms with Crippen LogP contribution in [0.2, 0.25) is 0 Å². The van der Waals surface area contributed by atoms with E-state index in [0.29, 0.717) is 43.6 Å². The lowest BCUT2D eigenvalue weighted by Gasteiger charge is -2.30. The number of ether oxygens (including phenoxy) is 2. The Morgan fingerprint density at radius 3 is 2.56 bits per heavy atom. The van der Waals surface area contributed by atoms with Gasteiger partial charge in [0.15, 0.2) is 11.5 Å². The van der Waals surface area contributed by atoms with Gasteiger partial charge < -0.3 is 24.4 Å². The number of nitrogens with zero attached hydrogens (tertiary/aromatic N) is 5. The molecule has 34 heavy (non-hydrogen) atoms. The highest BCUT2D eigenvalue weighted by atomic mass is 19.4. The van der Waals surface area contributed by atoms with Crippen LogP contribution in [0, 0.1) is 0 Å². The molecule has 1 fully saturated rings. The monoisotopic (exact) mass is 479 g/mol. The Hall–Kier alpha value is -3.54. The third kappa shape index (κ3) is 5.50. The molecule has 1 aliphatic rings. The second-order valence-corrected chi connectivity index (χ2v) is 7.86. The number of carboxylic acid groups (broad SMARTS) is 1. The average molecular weight is 479 g/mol. The molecule has 0 aliphatic carbocycles. The number of aliphatic carboxylic acids is 1. The summed E-state index contributed by atoms with van der Waals surface area (Å²) in [6.45, 7) is 1.76. The predicted octanol–water partition coefficient (Wildman–Crippen LogP) is 2.77. The average Bonchev–Trinajstić information content (AvgIpc) is 3.20. The normalized spacial score (nSPS) is 14.4. The highest BCUT2D eigenvalue weighted by Crippen LogP contribution is 2.30. The van der Waals surface area contributed by atoms with Crippen LogP contribution < -0.4 is 14.5 Å². The van der Waals surface area contributed by atoms with Crippen molar-refractivity contribution in [3.05, 3.63) is 47.8 Å². The number of carboxylic acids is 1. The van der Waals surface area contributed by atoms with Gasteiger partial charge in [0.1, 0.15) is 12.3 Å². The molecule has 0 radical (unpaired) electrons. The van der Waals surface area contributed by atoms with E-state index >= 15 is 0 Å². The molecule has 3 heterocycles. The highest BCUT2D eigenvalue weighted by molar-refractivity contribution is 5.79. The number of alkyl halides is 3. The topological polar surface area (TPSA) is 92.4 Å². The zero-order chi connectivity index (χ0) is 24.3. The minimum atomic E-state index is -4.45. The molecule has 0 unspecified atom stereocenters. The molecule has 12 heteroatoms. The van der Waals surface area contributed by atoms with Crippen LogP contribution in [0.5, 0.6) is 5.75 Å². The molecule has 0 bridgehead atoms. The van der Waals surface area contributed by atoms with Gasteiger partial charge in [-0.2, -0.15) is 13.2 Å². The first-order chi connectivity index (χ1) is 16.2. The smallest absolute Gasteiger partial charge is 0.394 e. The Kier molecular flexibility index (Phi) is 6.77. The van der Waals surface area contributed by atoms with Gasteiger partial charge >= 0.3 is 12.1 Å². The number of aromatic nitrogens is 3. The number of methoxy groups -OCH3 is 1. The first-order valence-corrected chi connectivity index (χ1v) is 10.6. The number of fused-ring (bicyclic) bond motifs is 1. The van der Waals surface area contributed by atoms with Gasteiger partial charge in [-0.1, -0.05) is 12.1 Å². The van der Waals surface area contributed by atoms with Crippen LogP contribution in [-0.4, -0.2) is 71.8 Å². The van der Waals surface area contributed by atoms with Crippen LogP contribution in [0.15, 0.2) is 36.5 Å². The molecule has 1 aromatic carbocycles. The maximum atomic E-state index is 13.2. The van der Waals surface area contributed by atoms with E-state index in [1.807, 2.05) is 4.90 Å². The van der Waals surface area contributed by atoms with Gasteiger partial charge in [0, 0.05) is 25.7 Å². The summed E-state index contributed by atoms with van der Waals surface area (Å²) in [4.78, 5) is 19.4. The zero-order valence-corrected chi connectivity index (χ0v) is 18.5. The molecule has 182 valence electrons. The van der Waals surface area contributed by atoms with E-state index in [2.05, 4.69) is 10.1 Å². The first-order valence-electron chi connectivity index (χ1n) is 10.6. The van der Waals surface area contributed by atoms with E-state index in [-0.39, 0.29) is 24.4 Å². The van der Waals surface area contributed by atoms with Gasteiger partial charge in [-0.15, -0.1) is 5.10 Å². The SMILES string of the molecule is COc1ccc(CN(CC(=O)O)c2cc(N3CCOCC3)nn3c(CC(F)(F)F)cnc23)cc1. The molecule has 3 aromatic rings. The Balaban J connectivity index is 1.80. The Labute approximate surface area is 193 Å². The Bertz CT molecular complexity index is 1140. The quantitative estimate of drug-likeness (QED) is 0.528. The standard InChI is InChI=1S/C22H24F3N5O4/c1-33-17-4-2-15(3-5-17)13-29(14-20(31)32)18-10-19(28-6-8-34-9-7-28)27-30-16(11-22(23,24)25)12-26-21(18)30/h2-5,10,12H,6-9,11,13-14H2,1H3,(H,31,32). The van der Waals surface area contributed by atoms with Crippen molar-refractivity contribution in [3.8, 4) is 5.75 Å². The lowest BCUT2D eigenvalue weighted by atomic mass is 10.2. The van der Waals surface area contributed by atoms with Crippen molar-refractivity contribution in [2.45, 2.75) is 19.1 Å². The number of imidazole rings is 1. The summed E-state index contributed by atoms with van der Waals surface area (Å²) < 4.78 is 51.3. The van der Waals surface area contributed by atoms with Crippen molar-refractivity contribution in [1.82, 2.24) is 14.6 Å². The predicted molar refractivity (Wildman–Crippen MR) is 117 cm³/mol. The van der Waals surface area contributed by atoms with Crippen molar-refractivity contribution in [3.63, 3.8) is 0 Å². The molecule has 0 atom stereocenters. The summed E-state index contributed by atoms with van der Waals surface area (Å²) in [5.74, 6) is -0.00435. The number of hydrogen-bond donors (Lipinski definition) is 1. The van der Waals surface area contributed by atoms with Crippen molar-refractivity contribution in [1.29, 1.82) is 0 Å². The first kappa shape index (κ1) is 23.6. The molecule has 0 amide bonds. The van der Waals surface area contributed by atoms with E-state index < -0.39 is 18.6 Å². The maximum absolute atomic E-state index is 13.2. The van der Waals surface area contributed by atoms with Crippen molar-refractivity contribution in [2.24, 2.45) is 0 Å². The molecular formula is C22H24F3N5O4. The number of halogens is 3. The van der Waals surface area contributed by atoms with Crippen molar-refractivity contribution < 1.29 is 32.5 Å². The Morgan fingerprint density at radius 1 is 1.24 bits per heavy atom. The summed E-state index contributed by atoms with van der Waals surface area (Å²) >= 11 is 0. The van der Waals surface area contributed by atoms with Crippen molar-refractivity contribution in [2.75, 3.05) is 49.8 Å². The molecule has 1 N–H and O–H groups in total. The summed E-state index contributed by atoms with van der Waals surface area (Å²) in [5.41, 5.74) is 1.21. The van der Waals surface area contributed by atoms with Gasteiger partial charge in [-0.25, -0.2) is 9.50 Å². The van der Waals surface area contributed by atoms with Gasteiger partial charge in [0.2, 0.25) is 0 Å². The fourth-order valence-corrected chi connectivity index (χ4v) is 3.83. The lowest BCUT2D eigenvalue weighted by molar-refractivity contribution is -0.135. The highest BCUT2D eigenvalue weighted by Gasteiger charge is 2.31. The fraction of sp³-hybridized carbons (Fsp3) is 0.409. The van der Waals surface area contributed by atoms with Gasteiger partial charge in [0.25, 0.3) is 0 Å². The van der Waals surface area contributed by atoms with E-state index in [4.69, 9.17) is 9.47 Å². The number of anilines is 2. The number of carbonyl (C=O) groups is 1. The van der Waals surface area contributed by atoms with Crippen LogP contribution in [-0.2, 0) is 22.5 Å². The molecule has 0 saturated carbocycles. The van der Waals surface area contributed by atoms with Crippen molar-refractivity contribution >= 4 is 23.1 Å². The van der Waals surface area contributed by atoms with Gasteiger partial charge in [-0.05, 0) is 17.7 Å². The van der Waals surface area contributed by atoms with E-state index in [9.17, 15) is 23.1 Å². The second-order valence-electron chi connectivity index (χ2n) is 7.86. The second kappa shape index (κ2) is 9.75. The third-order valence-electron chi connectivity index (χ3n) is 5.42. The van der Waals surface area contributed by atoms with Crippen LogP contribution in [0.3, 0.4) is 0 Å². The summed E-state index contributed by atoms with van der Waals surface area (Å²) in [7, 11) is 1.55. The largest absolute Gasteiger partial charge is 0.497 e. The molecular weight excluding hydrogens is 455 g/mol. The minimum absolute atomic E-state index is 0.126. The number of rotatable bonds is 8. The number of hydrogen-bond acceptors (Lipinski definition) is 7. The summed E-state index contributed by atoms with van der Waals surface area (Å²) in [6, 6.07) is 8.79. The number of morpholine rings is 1. The van der Waals surface area contributed by atoms with Gasteiger partial charge in [0.05, 0.1) is 44.3 Å². The molecule has 9 nitrogen and oxygen atoms in total. The molecule has 4 rings (SSSR count). The van der Waals surface area contributed by atoms with E-state index in [1.165, 1.54) is 0 Å². The van der Waals surface area contributed by atoms with E-state index in [1.54, 1.807) is 42.3 Å². The minimum Gasteiger partial charge on any atom is -0.497 e. The van der Waals surface area contributed by atoms with E-state index in [0.717, 1.165) is 16.3 Å². The van der Waals surface area contributed by atoms with Crippen LogP contribution in [0.1, 0.15) is 11.3 Å². The van der Waals surface area contributed by atoms with Crippen LogP contribution in [0.4, 0.5) is 24.7 Å². The molecule has 2 aromatic heterocycles. The number of benzene rings is 1. The fourth-order valence-electron chi connectivity index (χ4n) is 3.83. The maximum Gasteiger partial charge on any atom is 0.394 e. The van der Waals surface area contributed by atoms with Gasteiger partial charge in [-0.3, -0.25) is 4.79 Å². The zero-order valence-electron chi connectivity index (χ0n) is 18.5. The lowest BCUT2D eigenvalue weighted by Crippen LogP contribution is -2.37. The molecule has 0 spiro atoms. The summed E-state index contributed by atoms with van der Waals surface area (Å²) in [5, 5.41) is 14.0. The molecule has 1 saturated heterocycles. The summed E-state index contributed by atoms with van der Waals surface area (Å²) in [6.07, 6.45) is -4.52. The third-order valence-corrected chi connectivity index (χ3v) is 5.42. The van der Waals surface area contributed by atoms with Crippen LogP contribution in [0.25, 0.3) is 5.65 Å². The molecule has 1 aliphatic heterocycles. The Morgan fingerprint density at radius 2 is 1.94 bits per heavy atom.